The zero-order chi connectivity index (χ0) is 38.2. The molecule has 12 aromatic rings. The molecular weight excluding hydrogens is 729 g/mol. The minimum absolute atomic E-state index is 0.545. The number of rotatable bonds is 5. The Labute approximate surface area is 336 Å². The van der Waals surface area contributed by atoms with Crippen molar-refractivity contribution in [1.82, 2.24) is 19.9 Å². The fourth-order valence-electron chi connectivity index (χ4n) is 8.41. The quantitative estimate of drug-likeness (QED) is 0.164. The van der Waals surface area contributed by atoms with Crippen LogP contribution in [0.15, 0.2) is 186 Å². The second-order valence-corrected chi connectivity index (χ2v) is 15.6. The molecule has 6 heteroatoms. The number of fused-ring (bicyclic) bond motifs is 10. The third kappa shape index (κ3) is 5.23. The Morgan fingerprint density at radius 1 is 0.362 bits per heavy atom. The van der Waals surface area contributed by atoms with Gasteiger partial charge in [0.15, 0.2) is 17.5 Å². The molecule has 4 aromatic heterocycles. The number of pyridine rings is 1. The minimum Gasteiger partial charge on any atom is -0.455 e. The van der Waals surface area contributed by atoms with Crippen LogP contribution in [0.4, 0.5) is 0 Å². The lowest BCUT2D eigenvalue weighted by atomic mass is 9.95. The lowest BCUT2D eigenvalue weighted by Crippen LogP contribution is -2.01. The second kappa shape index (κ2) is 13.0. The smallest absolute Gasteiger partial charge is 0.167 e. The molecule has 0 atom stereocenters. The van der Waals surface area contributed by atoms with E-state index in [-0.39, 0.29) is 0 Å². The lowest BCUT2D eigenvalue weighted by Gasteiger charge is -2.13. The maximum atomic E-state index is 6.52. The van der Waals surface area contributed by atoms with Gasteiger partial charge in [0.05, 0.1) is 16.8 Å². The molecule has 0 radical (unpaired) electrons. The van der Waals surface area contributed by atoms with E-state index in [9.17, 15) is 0 Å². The highest BCUT2D eigenvalue weighted by Gasteiger charge is 2.21. The molecule has 0 aliphatic rings. The number of furan rings is 1. The highest BCUT2D eigenvalue weighted by Crippen LogP contribution is 2.44. The summed E-state index contributed by atoms with van der Waals surface area (Å²) in [5.41, 5.74) is 9.34. The molecule has 0 N–H and O–H groups in total. The monoisotopic (exact) mass is 758 g/mol. The third-order valence-corrected chi connectivity index (χ3v) is 12.2. The van der Waals surface area contributed by atoms with Crippen molar-refractivity contribution in [3.8, 4) is 56.5 Å². The molecule has 270 valence electrons. The number of para-hydroxylation sites is 2. The molecule has 0 amide bonds. The molecule has 0 unspecified atom stereocenters. The zero-order valence-electron chi connectivity index (χ0n) is 30.9. The summed E-state index contributed by atoms with van der Waals surface area (Å²) in [5.74, 6) is 1.70. The Hall–Kier alpha value is -7.54. The van der Waals surface area contributed by atoms with E-state index in [1.165, 1.54) is 25.6 Å². The van der Waals surface area contributed by atoms with Crippen molar-refractivity contribution in [1.29, 1.82) is 0 Å². The Morgan fingerprint density at radius 3 is 1.86 bits per heavy atom. The summed E-state index contributed by atoms with van der Waals surface area (Å²) in [4.78, 5) is 21.0. The predicted octanol–water partition coefficient (Wildman–Crippen LogP) is 14.2. The molecule has 0 spiro atoms. The van der Waals surface area contributed by atoms with Crippen LogP contribution in [0.3, 0.4) is 0 Å². The van der Waals surface area contributed by atoms with E-state index in [0.29, 0.717) is 17.5 Å². The second-order valence-electron chi connectivity index (χ2n) is 14.6. The standard InChI is InChI=1S/C52H30N4OS/c1-3-13-31(14-4-1)33-17-11-18-34(29-33)50-54-51(56-52(55-50)40-22-12-21-37-36-19-7-9-23-43(36)57-49(37)40)35-25-27-42-41(30-35)46-39(48(53-42)32-15-5-2-6-16-32)26-28-45-47(46)38-20-8-10-24-44(38)58-45/h1-30H. The van der Waals surface area contributed by atoms with Gasteiger partial charge in [-0.05, 0) is 59.7 Å². The lowest BCUT2D eigenvalue weighted by molar-refractivity contribution is 0.669. The predicted molar refractivity (Wildman–Crippen MR) is 240 cm³/mol. The van der Waals surface area contributed by atoms with Crippen LogP contribution < -0.4 is 0 Å². The van der Waals surface area contributed by atoms with Crippen molar-refractivity contribution in [2.75, 3.05) is 0 Å². The summed E-state index contributed by atoms with van der Waals surface area (Å²) in [6.07, 6.45) is 0. The van der Waals surface area contributed by atoms with Crippen LogP contribution in [0.5, 0.6) is 0 Å². The zero-order valence-corrected chi connectivity index (χ0v) is 31.7. The van der Waals surface area contributed by atoms with Crippen molar-refractivity contribution in [2.45, 2.75) is 0 Å². The van der Waals surface area contributed by atoms with Gasteiger partial charge in [0, 0.05) is 63.8 Å². The highest BCUT2D eigenvalue weighted by atomic mass is 32.1. The summed E-state index contributed by atoms with van der Waals surface area (Å²) in [6, 6.07) is 63.2. The van der Waals surface area contributed by atoms with E-state index in [1.54, 1.807) is 0 Å². The fourth-order valence-corrected chi connectivity index (χ4v) is 9.52. The van der Waals surface area contributed by atoms with Gasteiger partial charge < -0.3 is 4.42 Å². The van der Waals surface area contributed by atoms with E-state index in [1.807, 2.05) is 53.8 Å². The van der Waals surface area contributed by atoms with Gasteiger partial charge in [-0.25, -0.2) is 19.9 Å². The first-order chi connectivity index (χ1) is 28.7. The first kappa shape index (κ1) is 32.7. The fraction of sp³-hybridized carbons (Fsp3) is 0. The van der Waals surface area contributed by atoms with Crippen LogP contribution in [0.1, 0.15) is 0 Å². The number of nitrogens with zero attached hydrogens (tertiary/aromatic N) is 4. The first-order valence-electron chi connectivity index (χ1n) is 19.3. The Morgan fingerprint density at radius 2 is 1.02 bits per heavy atom. The highest BCUT2D eigenvalue weighted by molar-refractivity contribution is 7.26. The maximum Gasteiger partial charge on any atom is 0.167 e. The van der Waals surface area contributed by atoms with E-state index in [2.05, 4.69) is 140 Å². The SMILES string of the molecule is c1ccc(-c2cccc(-c3nc(-c4ccc5nc(-c6ccccc6)c6ccc7sc8ccccc8c7c6c5c4)nc(-c4cccc5c4oc4ccccc45)n3)c2)cc1. The van der Waals surface area contributed by atoms with E-state index >= 15 is 0 Å². The van der Waals surface area contributed by atoms with Crippen LogP contribution in [0, 0.1) is 0 Å². The number of hydrogen-bond acceptors (Lipinski definition) is 6. The molecule has 4 heterocycles. The summed E-state index contributed by atoms with van der Waals surface area (Å²) in [7, 11) is 0. The van der Waals surface area contributed by atoms with Crippen molar-refractivity contribution in [3.05, 3.63) is 182 Å². The first-order valence-corrected chi connectivity index (χ1v) is 20.1. The number of hydrogen-bond donors (Lipinski definition) is 0. The Balaban J connectivity index is 1.13. The molecule has 12 rings (SSSR count). The minimum atomic E-state index is 0.545. The topological polar surface area (TPSA) is 64.7 Å². The van der Waals surface area contributed by atoms with Crippen molar-refractivity contribution in [3.63, 3.8) is 0 Å². The summed E-state index contributed by atoms with van der Waals surface area (Å²) in [6.45, 7) is 0. The van der Waals surface area contributed by atoms with Crippen LogP contribution in [0.25, 0.3) is 120 Å². The van der Waals surface area contributed by atoms with Gasteiger partial charge in [-0.3, -0.25) is 0 Å². The Kier molecular flexibility index (Phi) is 7.33. The molecule has 5 nitrogen and oxygen atoms in total. The molecular formula is C52H30N4OS. The van der Waals surface area contributed by atoms with Gasteiger partial charge in [0.2, 0.25) is 0 Å². The van der Waals surface area contributed by atoms with E-state index in [4.69, 9.17) is 24.4 Å². The number of aromatic nitrogens is 4. The van der Waals surface area contributed by atoms with Gasteiger partial charge in [-0.2, -0.15) is 0 Å². The van der Waals surface area contributed by atoms with Crippen LogP contribution in [0.2, 0.25) is 0 Å². The largest absolute Gasteiger partial charge is 0.455 e. The van der Waals surface area contributed by atoms with Gasteiger partial charge in [-0.1, -0.05) is 133 Å². The molecule has 0 bridgehead atoms. The van der Waals surface area contributed by atoms with Crippen LogP contribution >= 0.6 is 11.3 Å². The van der Waals surface area contributed by atoms with Crippen LogP contribution in [-0.2, 0) is 0 Å². The molecule has 58 heavy (non-hydrogen) atoms. The molecule has 0 aliphatic carbocycles. The average molecular weight is 759 g/mol. The van der Waals surface area contributed by atoms with Gasteiger partial charge in [-0.15, -0.1) is 11.3 Å². The summed E-state index contributed by atoms with van der Waals surface area (Å²) in [5, 5.41) is 7.90. The molecule has 8 aromatic carbocycles. The molecule has 0 saturated heterocycles. The molecule has 0 fully saturated rings. The normalized spacial score (nSPS) is 11.8. The van der Waals surface area contributed by atoms with E-state index < -0.39 is 0 Å². The van der Waals surface area contributed by atoms with Gasteiger partial charge >= 0.3 is 0 Å². The van der Waals surface area contributed by atoms with Gasteiger partial charge in [0.25, 0.3) is 0 Å². The summed E-state index contributed by atoms with van der Waals surface area (Å²) >= 11 is 1.83. The summed E-state index contributed by atoms with van der Waals surface area (Å²) < 4.78 is 9.02. The number of benzene rings is 8. The van der Waals surface area contributed by atoms with E-state index in [0.717, 1.165) is 77.3 Å². The Bertz CT molecular complexity index is 3570. The van der Waals surface area contributed by atoms with Crippen molar-refractivity contribution < 1.29 is 4.42 Å². The maximum absolute atomic E-state index is 6.52. The van der Waals surface area contributed by atoms with Crippen molar-refractivity contribution >= 4 is 75.1 Å². The average Bonchev–Trinajstić information content (AvgIpc) is 3.88. The molecule has 0 aliphatic heterocycles. The van der Waals surface area contributed by atoms with Crippen molar-refractivity contribution in [2.24, 2.45) is 0 Å². The van der Waals surface area contributed by atoms with Crippen LogP contribution in [-0.4, -0.2) is 19.9 Å². The molecule has 0 saturated carbocycles. The third-order valence-electron chi connectivity index (χ3n) is 11.1. The van der Waals surface area contributed by atoms with Gasteiger partial charge in [0.1, 0.15) is 11.2 Å². The number of thiophene rings is 1.